The van der Waals surface area contributed by atoms with Gasteiger partial charge in [0, 0.05) is 17.1 Å². The fourth-order valence-electron chi connectivity index (χ4n) is 2.02. The van der Waals surface area contributed by atoms with E-state index in [1.165, 1.54) is 13.2 Å². The van der Waals surface area contributed by atoms with E-state index in [0.29, 0.717) is 16.3 Å². The van der Waals surface area contributed by atoms with E-state index in [4.69, 9.17) is 20.8 Å². The predicted molar refractivity (Wildman–Crippen MR) is 94.5 cm³/mol. The van der Waals surface area contributed by atoms with Gasteiger partial charge >= 0.3 is 5.97 Å². The van der Waals surface area contributed by atoms with Crippen molar-refractivity contribution in [2.24, 2.45) is 0 Å². The van der Waals surface area contributed by atoms with Crippen molar-refractivity contribution < 1.29 is 23.5 Å². The van der Waals surface area contributed by atoms with Crippen molar-refractivity contribution in [3.05, 3.63) is 59.0 Å². The molecule has 1 heterocycles. The van der Waals surface area contributed by atoms with Gasteiger partial charge in [0.1, 0.15) is 5.76 Å². The Balaban J connectivity index is 1.66. The molecular weight excluding hydrogens is 360 g/mol. The first-order valence-electron chi connectivity index (χ1n) is 7.99. The molecule has 2 N–H and O–H groups in total. The van der Waals surface area contributed by atoms with Gasteiger partial charge in [0.2, 0.25) is 0 Å². The SMILES string of the molecule is C[C@H](OC(=O)CCNC(=O)c1ccc(Cl)cc1)C(=O)NCc1ccco1. The maximum Gasteiger partial charge on any atom is 0.308 e. The van der Waals surface area contributed by atoms with Crippen LogP contribution >= 0.6 is 11.6 Å². The molecule has 0 aliphatic heterocycles. The highest BCUT2D eigenvalue weighted by Crippen LogP contribution is 2.09. The third kappa shape index (κ3) is 6.25. The van der Waals surface area contributed by atoms with Gasteiger partial charge in [-0.15, -0.1) is 0 Å². The van der Waals surface area contributed by atoms with Crippen molar-refractivity contribution in [2.75, 3.05) is 6.54 Å². The van der Waals surface area contributed by atoms with Crippen LogP contribution in [-0.2, 0) is 20.9 Å². The van der Waals surface area contributed by atoms with Gasteiger partial charge in [-0.05, 0) is 43.3 Å². The lowest BCUT2D eigenvalue weighted by Crippen LogP contribution is -2.36. The highest BCUT2D eigenvalue weighted by molar-refractivity contribution is 6.30. The van der Waals surface area contributed by atoms with E-state index in [-0.39, 0.29) is 25.4 Å². The Hall–Kier alpha value is -2.80. The standard InChI is InChI=1S/C18H19ClN2O5/c1-12(17(23)21-11-15-3-2-10-25-15)26-16(22)8-9-20-18(24)13-4-6-14(19)7-5-13/h2-7,10,12H,8-9,11H2,1H3,(H,20,24)(H,21,23)/t12-/m0/s1. The van der Waals surface area contributed by atoms with Crippen molar-refractivity contribution in [3.63, 3.8) is 0 Å². The number of nitrogens with one attached hydrogen (secondary N) is 2. The molecule has 0 aliphatic rings. The van der Waals surface area contributed by atoms with Crippen LogP contribution in [-0.4, -0.2) is 30.4 Å². The van der Waals surface area contributed by atoms with E-state index >= 15 is 0 Å². The monoisotopic (exact) mass is 378 g/mol. The van der Waals surface area contributed by atoms with Gasteiger partial charge in [0.05, 0.1) is 19.2 Å². The topological polar surface area (TPSA) is 97.6 Å². The molecule has 138 valence electrons. The van der Waals surface area contributed by atoms with E-state index in [1.54, 1.807) is 36.4 Å². The van der Waals surface area contributed by atoms with Crippen LogP contribution < -0.4 is 10.6 Å². The lowest BCUT2D eigenvalue weighted by Gasteiger charge is -2.13. The first-order valence-corrected chi connectivity index (χ1v) is 8.37. The molecule has 0 saturated heterocycles. The zero-order valence-corrected chi connectivity index (χ0v) is 14.9. The molecular formula is C18H19ClN2O5. The Bertz CT molecular complexity index is 743. The Labute approximate surface area is 155 Å². The first-order chi connectivity index (χ1) is 12.5. The van der Waals surface area contributed by atoms with Crippen LogP contribution in [0.25, 0.3) is 0 Å². The molecule has 0 fully saturated rings. The molecule has 1 aromatic heterocycles. The van der Waals surface area contributed by atoms with Crippen LogP contribution in [0.2, 0.25) is 5.02 Å². The third-order valence-electron chi connectivity index (χ3n) is 3.42. The highest BCUT2D eigenvalue weighted by atomic mass is 35.5. The van der Waals surface area contributed by atoms with Gasteiger partial charge in [0.25, 0.3) is 11.8 Å². The molecule has 0 aliphatic carbocycles. The molecule has 2 rings (SSSR count). The molecule has 2 amide bonds. The van der Waals surface area contributed by atoms with Gasteiger partial charge in [-0.1, -0.05) is 11.6 Å². The van der Waals surface area contributed by atoms with E-state index in [2.05, 4.69) is 10.6 Å². The quantitative estimate of drug-likeness (QED) is 0.687. The summed E-state index contributed by atoms with van der Waals surface area (Å²) in [6.07, 6.45) is 0.516. The molecule has 0 unspecified atom stereocenters. The zero-order chi connectivity index (χ0) is 18.9. The maximum atomic E-state index is 11.9. The Morgan fingerprint density at radius 3 is 2.54 bits per heavy atom. The summed E-state index contributed by atoms with van der Waals surface area (Å²) in [6.45, 7) is 1.79. The summed E-state index contributed by atoms with van der Waals surface area (Å²) >= 11 is 5.76. The number of rotatable bonds is 8. The Morgan fingerprint density at radius 1 is 1.15 bits per heavy atom. The minimum absolute atomic E-state index is 0.0465. The average Bonchev–Trinajstić information content (AvgIpc) is 3.13. The van der Waals surface area contributed by atoms with Crippen molar-refractivity contribution in [1.29, 1.82) is 0 Å². The smallest absolute Gasteiger partial charge is 0.308 e. The molecule has 0 spiro atoms. The van der Waals surface area contributed by atoms with Crippen LogP contribution in [0.5, 0.6) is 0 Å². The molecule has 26 heavy (non-hydrogen) atoms. The molecule has 0 radical (unpaired) electrons. The maximum absolute atomic E-state index is 11.9. The highest BCUT2D eigenvalue weighted by Gasteiger charge is 2.18. The lowest BCUT2D eigenvalue weighted by atomic mass is 10.2. The number of hydrogen-bond acceptors (Lipinski definition) is 5. The summed E-state index contributed by atoms with van der Waals surface area (Å²) in [5.74, 6) is -0.734. The molecule has 2 aromatic rings. The molecule has 7 nitrogen and oxygen atoms in total. The normalized spacial score (nSPS) is 11.5. The number of ether oxygens (including phenoxy) is 1. The van der Waals surface area contributed by atoms with Gasteiger partial charge in [-0.25, -0.2) is 0 Å². The molecule has 1 aromatic carbocycles. The summed E-state index contributed by atoms with van der Waals surface area (Å²) in [4.78, 5) is 35.5. The average molecular weight is 379 g/mol. The van der Waals surface area contributed by atoms with Gasteiger partial charge in [0.15, 0.2) is 6.10 Å². The number of hydrogen-bond donors (Lipinski definition) is 2. The summed E-state index contributed by atoms with van der Waals surface area (Å²) in [7, 11) is 0. The van der Waals surface area contributed by atoms with E-state index < -0.39 is 18.0 Å². The van der Waals surface area contributed by atoms with Crippen molar-refractivity contribution >= 4 is 29.4 Å². The summed E-state index contributed by atoms with van der Waals surface area (Å²) in [6, 6.07) is 9.81. The number of amides is 2. The number of carbonyl (C=O) groups is 3. The number of esters is 1. The van der Waals surface area contributed by atoms with Gasteiger partial charge in [-0.3, -0.25) is 14.4 Å². The Kier molecular flexibility index (Phi) is 7.23. The largest absolute Gasteiger partial charge is 0.467 e. The van der Waals surface area contributed by atoms with Crippen molar-refractivity contribution in [2.45, 2.75) is 26.0 Å². The minimum Gasteiger partial charge on any atom is -0.467 e. The second-order valence-electron chi connectivity index (χ2n) is 5.44. The first kappa shape index (κ1) is 19.5. The van der Waals surface area contributed by atoms with Gasteiger partial charge < -0.3 is 19.8 Å². The van der Waals surface area contributed by atoms with Crippen molar-refractivity contribution in [1.82, 2.24) is 10.6 Å². The van der Waals surface area contributed by atoms with Crippen LogP contribution in [0, 0.1) is 0 Å². The number of halogens is 1. The second kappa shape index (κ2) is 9.62. The number of carbonyl (C=O) groups excluding carboxylic acids is 3. The zero-order valence-electron chi connectivity index (χ0n) is 14.2. The predicted octanol–water partition coefficient (Wildman–Crippen LogP) is 2.30. The van der Waals surface area contributed by atoms with Crippen LogP contribution in [0.1, 0.15) is 29.5 Å². The van der Waals surface area contributed by atoms with Crippen LogP contribution in [0.4, 0.5) is 0 Å². The summed E-state index contributed by atoms with van der Waals surface area (Å²) < 4.78 is 10.1. The minimum atomic E-state index is -0.940. The third-order valence-corrected chi connectivity index (χ3v) is 3.67. The molecule has 8 heteroatoms. The van der Waals surface area contributed by atoms with Crippen LogP contribution in [0.15, 0.2) is 47.1 Å². The van der Waals surface area contributed by atoms with Crippen LogP contribution in [0.3, 0.4) is 0 Å². The van der Waals surface area contributed by atoms with E-state index in [9.17, 15) is 14.4 Å². The Morgan fingerprint density at radius 2 is 1.88 bits per heavy atom. The molecule has 1 atom stereocenters. The van der Waals surface area contributed by atoms with E-state index in [1.807, 2.05) is 0 Å². The second-order valence-corrected chi connectivity index (χ2v) is 5.88. The molecule has 0 bridgehead atoms. The van der Waals surface area contributed by atoms with E-state index in [0.717, 1.165) is 0 Å². The van der Waals surface area contributed by atoms with Gasteiger partial charge in [-0.2, -0.15) is 0 Å². The fraction of sp³-hybridized carbons (Fsp3) is 0.278. The van der Waals surface area contributed by atoms with Crippen molar-refractivity contribution in [3.8, 4) is 0 Å². The summed E-state index contributed by atoms with van der Waals surface area (Å²) in [5.41, 5.74) is 0.438. The number of furan rings is 1. The fourth-order valence-corrected chi connectivity index (χ4v) is 2.15. The summed E-state index contributed by atoms with van der Waals surface area (Å²) in [5, 5.41) is 5.73. The molecule has 0 saturated carbocycles. The lowest BCUT2D eigenvalue weighted by molar-refractivity contribution is -0.154. The number of benzene rings is 1.